The van der Waals surface area contributed by atoms with Crippen molar-refractivity contribution in [2.75, 3.05) is 7.05 Å². The Kier molecular flexibility index (Phi) is 9.72. The Labute approximate surface area is 244 Å². The molecule has 4 rings (SSSR count). The molecule has 2 N–H and O–H groups in total. The van der Waals surface area contributed by atoms with Gasteiger partial charge in [-0.05, 0) is 61.9 Å². The van der Waals surface area contributed by atoms with Crippen LogP contribution in [0.2, 0.25) is 0 Å². The summed E-state index contributed by atoms with van der Waals surface area (Å²) in [7, 11) is 1.58. The number of carbonyl (C=O) groups excluding carboxylic acids is 2. The van der Waals surface area contributed by atoms with Crippen molar-refractivity contribution in [1.29, 1.82) is 0 Å². The Morgan fingerprint density at radius 3 is 2.48 bits per heavy atom. The van der Waals surface area contributed by atoms with Gasteiger partial charge in [0.15, 0.2) is 5.82 Å². The van der Waals surface area contributed by atoms with Gasteiger partial charge in [0.1, 0.15) is 17.9 Å². The van der Waals surface area contributed by atoms with Gasteiger partial charge in [-0.3, -0.25) is 9.59 Å². The molecule has 0 aliphatic heterocycles. The van der Waals surface area contributed by atoms with Gasteiger partial charge in [0.25, 0.3) is 11.8 Å². The molecule has 9 heteroatoms. The molecular formula is C33H37FN4O4. The first-order chi connectivity index (χ1) is 20.2. The molecule has 1 atom stereocenters. The topological polar surface area (TPSA) is 110 Å². The molecular weight excluding hydrogens is 535 g/mol. The number of nitrogens with zero attached hydrogens (tertiary/aromatic N) is 2. The number of rotatable bonds is 11. The van der Waals surface area contributed by atoms with E-state index in [0.29, 0.717) is 56.8 Å². The van der Waals surface area contributed by atoms with Crippen LogP contribution in [0.5, 0.6) is 0 Å². The minimum absolute atomic E-state index is 0.275. The third kappa shape index (κ3) is 7.02. The lowest BCUT2D eigenvalue weighted by Gasteiger charge is -2.22. The maximum absolute atomic E-state index is 13.2. The zero-order valence-corrected chi connectivity index (χ0v) is 24.7. The maximum atomic E-state index is 13.2. The predicted octanol–water partition coefficient (Wildman–Crippen LogP) is 5.06. The number of halogens is 1. The molecule has 0 fully saturated rings. The Bertz CT molecular complexity index is 1640. The predicted molar refractivity (Wildman–Crippen MR) is 160 cm³/mol. The van der Waals surface area contributed by atoms with Crippen LogP contribution in [0.4, 0.5) is 4.39 Å². The summed E-state index contributed by atoms with van der Waals surface area (Å²) in [6, 6.07) is 14.2. The highest BCUT2D eigenvalue weighted by Crippen LogP contribution is 2.23. The third-order valence-electron chi connectivity index (χ3n) is 7.28. The van der Waals surface area contributed by atoms with Crippen LogP contribution >= 0.6 is 0 Å². The van der Waals surface area contributed by atoms with E-state index < -0.39 is 12.2 Å². The number of furan rings is 1. The van der Waals surface area contributed by atoms with Crippen LogP contribution < -0.4 is 21.3 Å². The molecule has 2 aromatic heterocycles. The lowest BCUT2D eigenvalue weighted by Crippen LogP contribution is -2.41. The second-order valence-corrected chi connectivity index (χ2v) is 10.9. The maximum Gasteiger partial charge on any atom is 0.255 e. The van der Waals surface area contributed by atoms with Crippen LogP contribution in [0.3, 0.4) is 0 Å². The molecule has 8 nitrogen and oxygen atoms in total. The molecule has 42 heavy (non-hydrogen) atoms. The summed E-state index contributed by atoms with van der Waals surface area (Å²) in [6.45, 7) is 7.32. The number of amides is 2. The van der Waals surface area contributed by atoms with E-state index in [-0.39, 0.29) is 11.8 Å². The highest BCUT2D eigenvalue weighted by molar-refractivity contribution is 6.00. The first-order valence-electron chi connectivity index (χ1n) is 14.1. The molecule has 0 aliphatic carbocycles. The number of aromatic nitrogens is 2. The van der Waals surface area contributed by atoms with E-state index in [1.54, 1.807) is 51.2 Å². The number of nitrogens with one attached hydrogen (secondary N) is 2. The smallest absolute Gasteiger partial charge is 0.255 e. The Morgan fingerprint density at radius 2 is 1.83 bits per heavy atom. The monoisotopic (exact) mass is 572 g/mol. The van der Waals surface area contributed by atoms with Crippen molar-refractivity contribution in [2.24, 2.45) is 5.92 Å². The van der Waals surface area contributed by atoms with E-state index in [0.717, 1.165) is 18.4 Å². The van der Waals surface area contributed by atoms with Crippen molar-refractivity contribution in [1.82, 2.24) is 20.8 Å². The highest BCUT2D eigenvalue weighted by atomic mass is 19.1. The molecule has 0 spiro atoms. The van der Waals surface area contributed by atoms with Crippen molar-refractivity contribution in [2.45, 2.75) is 59.2 Å². The van der Waals surface area contributed by atoms with Crippen LogP contribution in [-0.4, -0.2) is 29.0 Å². The van der Waals surface area contributed by atoms with Crippen molar-refractivity contribution < 1.29 is 22.9 Å². The summed E-state index contributed by atoms with van der Waals surface area (Å²) in [5.41, 5.74) is 2.79. The van der Waals surface area contributed by atoms with E-state index >= 15 is 0 Å². The fraction of sp³-hybridized carbons (Fsp3) is 0.333. The first-order valence-corrected chi connectivity index (χ1v) is 14.1. The molecule has 0 radical (unpaired) electrons. The Morgan fingerprint density at radius 1 is 1.07 bits per heavy atom. The quantitative estimate of drug-likeness (QED) is 0.260. The number of alkyl halides is 1. The molecule has 4 aromatic rings. The normalized spacial score (nSPS) is 13.3. The lowest BCUT2D eigenvalue weighted by molar-refractivity contribution is 0.0906. The van der Waals surface area contributed by atoms with Crippen molar-refractivity contribution in [3.8, 4) is 11.3 Å². The molecule has 0 unspecified atom stereocenters. The largest absolute Gasteiger partial charge is 0.456 e. The van der Waals surface area contributed by atoms with Gasteiger partial charge in [0.05, 0.1) is 11.1 Å². The van der Waals surface area contributed by atoms with E-state index in [1.165, 1.54) is 6.39 Å². The second kappa shape index (κ2) is 13.4. The Balaban J connectivity index is 1.74. The number of carbonyl (C=O) groups is 2. The van der Waals surface area contributed by atoms with Gasteiger partial charge < -0.3 is 19.6 Å². The van der Waals surface area contributed by atoms with Crippen molar-refractivity contribution in [3.63, 3.8) is 0 Å². The molecule has 0 aliphatic rings. The fourth-order valence-electron chi connectivity index (χ4n) is 4.51. The van der Waals surface area contributed by atoms with Gasteiger partial charge >= 0.3 is 0 Å². The number of benzene rings is 2. The van der Waals surface area contributed by atoms with Gasteiger partial charge in [-0.1, -0.05) is 67.9 Å². The van der Waals surface area contributed by atoms with Gasteiger partial charge in [-0.15, -0.1) is 0 Å². The number of hydrogen-bond acceptors (Lipinski definition) is 6. The molecule has 2 aromatic carbocycles. The average molecular weight is 573 g/mol. The summed E-state index contributed by atoms with van der Waals surface area (Å²) in [4.78, 5) is 30.4. The van der Waals surface area contributed by atoms with Gasteiger partial charge in [0.2, 0.25) is 6.39 Å². The standard InChI is InChI=1S/C33H37FN4O4/c1-6-21(2)10-17-27-26(28(31(40)35-5)29(42-27)24-14-11-23(19-34)12-15-24)16-13-22-8-7-9-25(18-22)30(39)37-33(3,4)32-36-20-41-38-32/h7-9,11-12,14-18,20-21H,6,10,13,19H2,1-5H3,(H,35,40)(H,37,39)/b26-16+,27-17+/t21-/m1/s1. The SMILES string of the molecule is CC[C@@H](C)C/C=c1/oc(-c2ccc(CF)cc2)c(C(=O)NC)/c1=C/Cc1cccc(C(=O)NC(C)(C)c2ncon2)c1. The van der Waals surface area contributed by atoms with Crippen molar-refractivity contribution in [3.05, 3.63) is 93.6 Å². The zero-order chi connectivity index (χ0) is 30.3. The minimum Gasteiger partial charge on any atom is -0.456 e. The van der Waals surface area contributed by atoms with Gasteiger partial charge in [-0.2, -0.15) is 4.98 Å². The van der Waals surface area contributed by atoms with Crippen LogP contribution in [0.1, 0.15) is 78.2 Å². The summed E-state index contributed by atoms with van der Waals surface area (Å²) >= 11 is 0. The first kappa shape index (κ1) is 30.4. The van der Waals surface area contributed by atoms with E-state index in [2.05, 4.69) is 34.6 Å². The highest BCUT2D eigenvalue weighted by Gasteiger charge is 2.28. The summed E-state index contributed by atoms with van der Waals surface area (Å²) in [5, 5.41) is 10.2. The molecule has 2 amide bonds. The van der Waals surface area contributed by atoms with Gasteiger partial charge in [0, 0.05) is 23.4 Å². The lowest BCUT2D eigenvalue weighted by atomic mass is 10.0. The summed E-state index contributed by atoms with van der Waals surface area (Å²) in [5.74, 6) is 0.680. The second-order valence-electron chi connectivity index (χ2n) is 10.9. The van der Waals surface area contributed by atoms with E-state index in [4.69, 9.17) is 8.94 Å². The van der Waals surface area contributed by atoms with Crippen LogP contribution in [0, 0.1) is 5.92 Å². The number of hydrogen-bond donors (Lipinski definition) is 2. The summed E-state index contributed by atoms with van der Waals surface area (Å²) in [6.07, 6.45) is 7.44. The molecule has 220 valence electrons. The van der Waals surface area contributed by atoms with Crippen LogP contribution in [0.25, 0.3) is 23.5 Å². The molecule has 0 bridgehead atoms. The van der Waals surface area contributed by atoms with Crippen molar-refractivity contribution >= 4 is 24.0 Å². The van der Waals surface area contributed by atoms with Crippen LogP contribution in [0.15, 0.2) is 63.9 Å². The molecule has 0 saturated carbocycles. The molecule has 2 heterocycles. The fourth-order valence-corrected chi connectivity index (χ4v) is 4.51. The Hall–Kier alpha value is -4.53. The van der Waals surface area contributed by atoms with Crippen LogP contribution in [-0.2, 0) is 18.6 Å². The summed E-state index contributed by atoms with van der Waals surface area (Å²) < 4.78 is 24.3. The zero-order valence-electron chi connectivity index (χ0n) is 24.7. The van der Waals surface area contributed by atoms with Gasteiger partial charge in [-0.25, -0.2) is 4.39 Å². The molecule has 0 saturated heterocycles. The van der Waals surface area contributed by atoms with E-state index in [1.807, 2.05) is 30.4 Å². The third-order valence-corrected chi connectivity index (χ3v) is 7.28. The van der Waals surface area contributed by atoms with E-state index in [9.17, 15) is 14.0 Å². The minimum atomic E-state index is -0.829. The average Bonchev–Trinajstić information content (AvgIpc) is 3.68.